The van der Waals surface area contributed by atoms with Gasteiger partial charge in [0.15, 0.2) is 0 Å². The SMILES string of the molecule is O=c1c(Cl)c(N2CCOC3(CCOC3)C2)cnn1-c1ccc([N+](=O)[O-])cc1. The summed E-state index contributed by atoms with van der Waals surface area (Å²) >= 11 is 6.36. The molecule has 27 heavy (non-hydrogen) atoms. The highest BCUT2D eigenvalue weighted by molar-refractivity contribution is 6.33. The lowest BCUT2D eigenvalue weighted by Crippen LogP contribution is -2.52. The minimum absolute atomic E-state index is 0.0549. The number of ether oxygens (including phenoxy) is 2. The summed E-state index contributed by atoms with van der Waals surface area (Å²) in [5.41, 5.74) is 0.0451. The summed E-state index contributed by atoms with van der Waals surface area (Å²) in [5, 5.41) is 15.0. The third-order valence-electron chi connectivity index (χ3n) is 4.86. The third-order valence-corrected chi connectivity index (χ3v) is 5.22. The Labute approximate surface area is 159 Å². The zero-order chi connectivity index (χ0) is 19.0. The van der Waals surface area contributed by atoms with Gasteiger partial charge in [-0.05, 0) is 12.1 Å². The van der Waals surface area contributed by atoms with E-state index in [0.717, 1.165) is 11.1 Å². The largest absolute Gasteiger partial charge is 0.378 e. The molecule has 0 saturated carbocycles. The second-order valence-electron chi connectivity index (χ2n) is 6.59. The molecule has 3 heterocycles. The summed E-state index contributed by atoms with van der Waals surface area (Å²) in [5.74, 6) is 0. The minimum Gasteiger partial charge on any atom is -0.378 e. The van der Waals surface area contributed by atoms with Crippen LogP contribution in [0.15, 0.2) is 35.3 Å². The number of halogens is 1. The molecular formula is C17H17ClN4O5. The highest BCUT2D eigenvalue weighted by Crippen LogP contribution is 2.32. The molecule has 2 aliphatic heterocycles. The molecule has 1 atom stereocenters. The summed E-state index contributed by atoms with van der Waals surface area (Å²) in [6, 6.07) is 5.55. The molecule has 1 unspecified atom stereocenters. The second-order valence-corrected chi connectivity index (χ2v) is 6.97. The zero-order valence-corrected chi connectivity index (χ0v) is 15.1. The van der Waals surface area contributed by atoms with E-state index in [4.69, 9.17) is 21.1 Å². The first-order valence-corrected chi connectivity index (χ1v) is 8.86. The Kier molecular flexibility index (Phi) is 4.58. The normalized spacial score (nSPS) is 22.3. The van der Waals surface area contributed by atoms with Crippen molar-refractivity contribution in [3.63, 3.8) is 0 Å². The van der Waals surface area contributed by atoms with Crippen molar-refractivity contribution in [1.29, 1.82) is 0 Å². The maximum Gasteiger partial charge on any atom is 0.292 e. The standard InChI is InChI=1S/C17H17ClN4O5/c18-15-14(20-6-8-27-17(10-20)5-7-26-11-17)9-19-21(16(15)23)12-1-3-13(4-2-12)22(24)25/h1-4,9H,5-8,10-11H2. The summed E-state index contributed by atoms with van der Waals surface area (Å²) in [6.07, 6.45) is 2.34. The van der Waals surface area contributed by atoms with Gasteiger partial charge in [-0.1, -0.05) is 11.6 Å². The molecule has 1 aromatic heterocycles. The van der Waals surface area contributed by atoms with Gasteiger partial charge in [-0.25, -0.2) is 0 Å². The van der Waals surface area contributed by atoms with Gasteiger partial charge in [0.2, 0.25) is 0 Å². The minimum atomic E-state index is -0.503. The van der Waals surface area contributed by atoms with Gasteiger partial charge in [0, 0.05) is 38.2 Å². The fourth-order valence-electron chi connectivity index (χ4n) is 3.42. The Hall–Kier alpha value is -2.49. The monoisotopic (exact) mass is 392 g/mol. The van der Waals surface area contributed by atoms with Crippen LogP contribution in [0.5, 0.6) is 0 Å². The molecule has 2 aromatic rings. The van der Waals surface area contributed by atoms with E-state index >= 15 is 0 Å². The highest BCUT2D eigenvalue weighted by atomic mass is 35.5. The lowest BCUT2D eigenvalue weighted by Gasteiger charge is -2.40. The first-order chi connectivity index (χ1) is 13.0. The van der Waals surface area contributed by atoms with Crippen LogP contribution in [0.25, 0.3) is 5.69 Å². The lowest BCUT2D eigenvalue weighted by molar-refractivity contribution is -0.384. The number of hydrogen-bond acceptors (Lipinski definition) is 7. The number of hydrogen-bond donors (Lipinski definition) is 0. The molecule has 1 aromatic carbocycles. The van der Waals surface area contributed by atoms with Crippen molar-refractivity contribution in [3.05, 3.63) is 56.0 Å². The van der Waals surface area contributed by atoms with E-state index in [0.29, 0.717) is 44.3 Å². The highest BCUT2D eigenvalue weighted by Gasteiger charge is 2.41. The summed E-state index contributed by atoms with van der Waals surface area (Å²) in [7, 11) is 0. The number of aromatic nitrogens is 2. The van der Waals surface area contributed by atoms with Crippen molar-refractivity contribution in [2.75, 3.05) is 37.8 Å². The number of nitrogens with zero attached hydrogens (tertiary/aromatic N) is 4. The van der Waals surface area contributed by atoms with Crippen LogP contribution >= 0.6 is 11.6 Å². The molecule has 10 heteroatoms. The number of nitro benzene ring substituents is 1. The molecule has 9 nitrogen and oxygen atoms in total. The Balaban J connectivity index is 1.64. The molecule has 2 fully saturated rings. The molecular weight excluding hydrogens is 376 g/mol. The summed E-state index contributed by atoms with van der Waals surface area (Å²) in [6.45, 7) is 2.88. The fourth-order valence-corrected chi connectivity index (χ4v) is 3.67. The Morgan fingerprint density at radius 2 is 2.04 bits per heavy atom. The second kappa shape index (κ2) is 6.91. The first-order valence-electron chi connectivity index (χ1n) is 8.48. The zero-order valence-electron chi connectivity index (χ0n) is 14.3. The van der Waals surface area contributed by atoms with Gasteiger partial charge < -0.3 is 14.4 Å². The van der Waals surface area contributed by atoms with Crippen LogP contribution < -0.4 is 10.5 Å². The molecule has 2 saturated heterocycles. The number of non-ortho nitro benzene ring substituents is 1. The predicted octanol–water partition coefficient (Wildman–Crippen LogP) is 1.79. The number of benzene rings is 1. The van der Waals surface area contributed by atoms with E-state index in [1.165, 1.54) is 24.3 Å². The third kappa shape index (κ3) is 3.29. The average molecular weight is 393 g/mol. The van der Waals surface area contributed by atoms with Gasteiger partial charge in [0.05, 0.1) is 35.7 Å². The van der Waals surface area contributed by atoms with Gasteiger partial charge >= 0.3 is 0 Å². The molecule has 2 aliphatic rings. The molecule has 0 amide bonds. The van der Waals surface area contributed by atoms with Crippen LogP contribution in [0.3, 0.4) is 0 Å². The molecule has 0 bridgehead atoms. The number of morpholine rings is 1. The maximum atomic E-state index is 12.7. The van der Waals surface area contributed by atoms with Crippen molar-refractivity contribution >= 4 is 23.0 Å². The van der Waals surface area contributed by atoms with Crippen molar-refractivity contribution in [1.82, 2.24) is 9.78 Å². The van der Waals surface area contributed by atoms with E-state index in [9.17, 15) is 14.9 Å². The molecule has 142 valence electrons. The van der Waals surface area contributed by atoms with Gasteiger partial charge in [-0.3, -0.25) is 14.9 Å². The fraction of sp³-hybridized carbons (Fsp3) is 0.412. The van der Waals surface area contributed by atoms with Gasteiger partial charge in [-0.2, -0.15) is 9.78 Å². The first kappa shape index (κ1) is 17.9. The van der Waals surface area contributed by atoms with Gasteiger partial charge in [0.25, 0.3) is 11.2 Å². The van der Waals surface area contributed by atoms with Crippen LogP contribution in [0.2, 0.25) is 5.02 Å². The van der Waals surface area contributed by atoms with E-state index in [-0.39, 0.29) is 16.3 Å². The number of nitro groups is 1. The Bertz CT molecular complexity index is 924. The van der Waals surface area contributed by atoms with E-state index in [2.05, 4.69) is 5.10 Å². The van der Waals surface area contributed by atoms with Crippen molar-refractivity contribution in [2.24, 2.45) is 0 Å². The molecule has 0 N–H and O–H groups in total. The van der Waals surface area contributed by atoms with E-state index < -0.39 is 10.5 Å². The van der Waals surface area contributed by atoms with Gasteiger partial charge in [0.1, 0.15) is 10.6 Å². The van der Waals surface area contributed by atoms with Crippen LogP contribution in [-0.2, 0) is 9.47 Å². The lowest BCUT2D eigenvalue weighted by atomic mass is 10.0. The summed E-state index contributed by atoms with van der Waals surface area (Å²) < 4.78 is 12.5. The molecule has 0 radical (unpaired) electrons. The van der Waals surface area contributed by atoms with Crippen LogP contribution in [0.4, 0.5) is 11.4 Å². The van der Waals surface area contributed by atoms with E-state index in [1.807, 2.05) is 4.90 Å². The Morgan fingerprint density at radius 3 is 2.70 bits per heavy atom. The topological polar surface area (TPSA) is 99.7 Å². The van der Waals surface area contributed by atoms with Crippen molar-refractivity contribution in [3.8, 4) is 5.69 Å². The van der Waals surface area contributed by atoms with Crippen molar-refractivity contribution < 1.29 is 14.4 Å². The molecule has 4 rings (SSSR count). The van der Waals surface area contributed by atoms with E-state index in [1.54, 1.807) is 6.20 Å². The van der Waals surface area contributed by atoms with Crippen LogP contribution in [0, 0.1) is 10.1 Å². The summed E-state index contributed by atoms with van der Waals surface area (Å²) in [4.78, 5) is 25.0. The van der Waals surface area contributed by atoms with Crippen LogP contribution in [-0.4, -0.2) is 53.2 Å². The average Bonchev–Trinajstić information content (AvgIpc) is 3.11. The molecule has 1 spiro atoms. The van der Waals surface area contributed by atoms with Gasteiger partial charge in [-0.15, -0.1) is 0 Å². The quantitative estimate of drug-likeness (QED) is 0.579. The smallest absolute Gasteiger partial charge is 0.292 e. The Morgan fingerprint density at radius 1 is 1.26 bits per heavy atom. The molecule has 0 aliphatic carbocycles. The van der Waals surface area contributed by atoms with Crippen LogP contribution in [0.1, 0.15) is 6.42 Å². The predicted molar refractivity (Wildman–Crippen MR) is 97.8 cm³/mol. The van der Waals surface area contributed by atoms with Crippen molar-refractivity contribution in [2.45, 2.75) is 12.0 Å². The number of anilines is 1. The number of rotatable bonds is 3. The maximum absolute atomic E-state index is 12.7.